The average Bonchev–Trinajstić information content (AvgIpc) is 2.97. The minimum atomic E-state index is -1.03. The molecule has 252 valence electrons. The Balaban J connectivity index is 2.60. The maximum Gasteiger partial charge on any atom is 0.333 e. The lowest BCUT2D eigenvalue weighted by Gasteiger charge is -2.34. The van der Waals surface area contributed by atoms with E-state index in [1.807, 2.05) is 0 Å². The van der Waals surface area contributed by atoms with Gasteiger partial charge in [-0.25, -0.2) is 14.4 Å². The molecule has 0 saturated carbocycles. The lowest BCUT2D eigenvalue weighted by Crippen LogP contribution is -2.47. The van der Waals surface area contributed by atoms with E-state index in [0.717, 1.165) is 0 Å². The van der Waals surface area contributed by atoms with Gasteiger partial charge in [0.25, 0.3) is 0 Å². The number of esters is 6. The van der Waals surface area contributed by atoms with Crippen LogP contribution < -0.4 is 0 Å². The summed E-state index contributed by atoms with van der Waals surface area (Å²) in [6.07, 6.45) is -0.378. The molecule has 0 bridgehead atoms. The van der Waals surface area contributed by atoms with E-state index in [1.54, 1.807) is 0 Å². The summed E-state index contributed by atoms with van der Waals surface area (Å²) in [5, 5.41) is 0. The van der Waals surface area contributed by atoms with Crippen molar-refractivity contribution in [3.63, 3.8) is 0 Å². The van der Waals surface area contributed by atoms with Crippen LogP contribution in [0, 0.1) is 0 Å². The quantitative estimate of drug-likeness (QED) is 0.0767. The van der Waals surface area contributed by atoms with Crippen molar-refractivity contribution in [2.75, 3.05) is 26.4 Å². The summed E-state index contributed by atoms with van der Waals surface area (Å²) < 4.78 is 37.1. The molecule has 45 heavy (non-hydrogen) atoms. The van der Waals surface area contributed by atoms with Gasteiger partial charge < -0.3 is 33.2 Å². The standard InChI is InChI=1S/C32H46O13/c1-21(2)30(36)39-16-10-7-13-26(33)43-24-19-29(45-28(35)15-9-12-18-41-32(38)23(5)6)42-20-25(24)44-27(34)14-8-11-17-40-31(37)22(3)4/h24-25,29H,1,3,5,7-20H2,2,4,6H3. The molecule has 3 unspecified atom stereocenters. The Morgan fingerprint density at radius 3 is 1.29 bits per heavy atom. The molecule has 0 aromatic heterocycles. The van der Waals surface area contributed by atoms with Gasteiger partial charge >= 0.3 is 35.8 Å². The van der Waals surface area contributed by atoms with Crippen LogP contribution >= 0.6 is 0 Å². The molecule has 1 heterocycles. The summed E-state index contributed by atoms with van der Waals surface area (Å²) in [5.74, 6) is -3.19. The Bertz CT molecular complexity index is 1080. The van der Waals surface area contributed by atoms with E-state index in [0.29, 0.717) is 38.5 Å². The van der Waals surface area contributed by atoms with E-state index in [2.05, 4.69) is 19.7 Å². The molecule has 0 amide bonds. The summed E-state index contributed by atoms with van der Waals surface area (Å²) in [4.78, 5) is 71.8. The lowest BCUT2D eigenvalue weighted by molar-refractivity contribution is -0.230. The minimum Gasteiger partial charge on any atom is -0.462 e. The molecule has 13 heteroatoms. The lowest BCUT2D eigenvalue weighted by atomic mass is 10.1. The summed E-state index contributed by atoms with van der Waals surface area (Å²) >= 11 is 0. The van der Waals surface area contributed by atoms with Crippen molar-refractivity contribution in [1.82, 2.24) is 0 Å². The molecule has 1 fully saturated rings. The van der Waals surface area contributed by atoms with Gasteiger partial charge in [-0.1, -0.05) is 19.7 Å². The van der Waals surface area contributed by atoms with Crippen LogP contribution in [0.3, 0.4) is 0 Å². The van der Waals surface area contributed by atoms with Crippen LogP contribution in [0.15, 0.2) is 36.5 Å². The highest BCUT2D eigenvalue weighted by atomic mass is 16.7. The first-order valence-corrected chi connectivity index (χ1v) is 15.0. The Morgan fingerprint density at radius 1 is 0.556 bits per heavy atom. The van der Waals surface area contributed by atoms with Gasteiger partial charge in [-0.15, -0.1) is 0 Å². The smallest absolute Gasteiger partial charge is 0.333 e. The number of unbranched alkanes of at least 4 members (excludes halogenated alkanes) is 3. The van der Waals surface area contributed by atoms with Gasteiger partial charge in [-0.05, 0) is 59.3 Å². The maximum absolute atomic E-state index is 12.6. The molecule has 0 aliphatic carbocycles. The van der Waals surface area contributed by atoms with Crippen molar-refractivity contribution >= 4 is 35.8 Å². The van der Waals surface area contributed by atoms with Gasteiger partial charge in [0, 0.05) is 36.0 Å². The van der Waals surface area contributed by atoms with Crippen LogP contribution in [-0.4, -0.2) is 80.7 Å². The fourth-order valence-corrected chi connectivity index (χ4v) is 3.67. The molecule has 0 radical (unpaired) electrons. The Labute approximate surface area is 264 Å². The molecule has 1 aliphatic heterocycles. The molecule has 1 aliphatic rings. The van der Waals surface area contributed by atoms with Crippen molar-refractivity contribution in [1.29, 1.82) is 0 Å². The monoisotopic (exact) mass is 638 g/mol. The van der Waals surface area contributed by atoms with E-state index >= 15 is 0 Å². The number of carbonyl (C=O) groups is 6. The van der Waals surface area contributed by atoms with Crippen molar-refractivity contribution in [2.24, 2.45) is 0 Å². The molecule has 0 N–H and O–H groups in total. The SMILES string of the molecule is C=C(C)C(=O)OCCCCC(=O)OC1CC(OC(=O)CCCCOC(=O)C(=C)C)C(OC(=O)CCCCOC(=O)C(=C)C)CO1. The van der Waals surface area contributed by atoms with E-state index in [-0.39, 0.29) is 68.8 Å². The van der Waals surface area contributed by atoms with Crippen LogP contribution in [0.1, 0.15) is 85.0 Å². The fourth-order valence-electron chi connectivity index (χ4n) is 3.67. The third kappa shape index (κ3) is 17.8. The number of rotatable bonds is 21. The predicted octanol–water partition coefficient (Wildman–Crippen LogP) is 3.97. The zero-order valence-corrected chi connectivity index (χ0v) is 26.6. The molecule has 13 nitrogen and oxygen atoms in total. The molecule has 0 aromatic rings. The zero-order valence-electron chi connectivity index (χ0n) is 26.6. The van der Waals surface area contributed by atoms with Gasteiger partial charge in [-0.2, -0.15) is 0 Å². The summed E-state index contributed by atoms with van der Waals surface area (Å²) in [6.45, 7) is 15.3. The summed E-state index contributed by atoms with van der Waals surface area (Å²) in [6, 6.07) is 0. The van der Waals surface area contributed by atoms with E-state index in [1.165, 1.54) is 20.8 Å². The second-order valence-electron chi connectivity index (χ2n) is 10.7. The highest BCUT2D eigenvalue weighted by Gasteiger charge is 2.38. The molecule has 0 aromatic carbocycles. The van der Waals surface area contributed by atoms with Crippen molar-refractivity contribution < 1.29 is 61.9 Å². The molecule has 1 rings (SSSR count). The van der Waals surface area contributed by atoms with Gasteiger partial charge in [0.1, 0.15) is 6.10 Å². The first-order chi connectivity index (χ1) is 21.3. The number of hydrogen-bond acceptors (Lipinski definition) is 13. The Hall–Kier alpha value is -4.00. The molecular weight excluding hydrogens is 592 g/mol. The minimum absolute atomic E-state index is 0.0198. The normalized spacial score (nSPS) is 17.3. The number of ether oxygens (including phenoxy) is 7. The zero-order chi connectivity index (χ0) is 33.8. The van der Waals surface area contributed by atoms with Crippen LogP contribution in [-0.2, 0) is 61.9 Å². The van der Waals surface area contributed by atoms with Gasteiger partial charge in [0.05, 0.1) is 32.8 Å². The maximum atomic E-state index is 12.6. The van der Waals surface area contributed by atoms with Gasteiger partial charge in [-0.3, -0.25) is 14.4 Å². The number of carbonyl (C=O) groups excluding carboxylic acids is 6. The topological polar surface area (TPSA) is 167 Å². The predicted molar refractivity (Wildman–Crippen MR) is 159 cm³/mol. The average molecular weight is 639 g/mol. The third-order valence-corrected chi connectivity index (χ3v) is 6.18. The van der Waals surface area contributed by atoms with Crippen molar-refractivity contribution in [3.8, 4) is 0 Å². The largest absolute Gasteiger partial charge is 0.462 e. The molecule has 3 atom stereocenters. The van der Waals surface area contributed by atoms with Crippen LogP contribution in [0.5, 0.6) is 0 Å². The van der Waals surface area contributed by atoms with Gasteiger partial charge in [0.2, 0.25) is 6.29 Å². The van der Waals surface area contributed by atoms with E-state index in [4.69, 9.17) is 33.2 Å². The number of hydrogen-bond donors (Lipinski definition) is 0. The second-order valence-corrected chi connectivity index (χ2v) is 10.7. The second kappa shape index (κ2) is 21.7. The molecule has 1 saturated heterocycles. The first kappa shape index (κ1) is 39.0. The van der Waals surface area contributed by atoms with E-state index in [9.17, 15) is 28.8 Å². The summed E-state index contributed by atoms with van der Waals surface area (Å²) in [5.41, 5.74) is 0.845. The first-order valence-electron chi connectivity index (χ1n) is 15.0. The molecule has 0 spiro atoms. The fraction of sp³-hybridized carbons (Fsp3) is 0.625. The van der Waals surface area contributed by atoms with Crippen LogP contribution in [0.25, 0.3) is 0 Å². The Kier molecular flexibility index (Phi) is 18.8. The van der Waals surface area contributed by atoms with Crippen molar-refractivity contribution in [2.45, 2.75) is 103 Å². The molecular formula is C32H46O13. The van der Waals surface area contributed by atoms with Crippen LogP contribution in [0.2, 0.25) is 0 Å². The van der Waals surface area contributed by atoms with Crippen LogP contribution in [0.4, 0.5) is 0 Å². The van der Waals surface area contributed by atoms with Crippen molar-refractivity contribution in [3.05, 3.63) is 36.5 Å². The highest BCUT2D eigenvalue weighted by molar-refractivity contribution is 5.87. The Morgan fingerprint density at radius 2 is 0.911 bits per heavy atom. The third-order valence-electron chi connectivity index (χ3n) is 6.18. The highest BCUT2D eigenvalue weighted by Crippen LogP contribution is 2.23. The van der Waals surface area contributed by atoms with E-state index < -0.39 is 54.3 Å². The summed E-state index contributed by atoms with van der Waals surface area (Å²) in [7, 11) is 0. The van der Waals surface area contributed by atoms with Gasteiger partial charge in [0.15, 0.2) is 6.10 Å².